The van der Waals surface area contributed by atoms with Crippen molar-refractivity contribution < 1.29 is 38.1 Å². The highest BCUT2D eigenvalue weighted by atomic mass is 31.2. The molecular formula is C9H12F2N3O7P. The molecule has 22 heavy (non-hydrogen) atoms. The third-order valence-electron chi connectivity index (χ3n) is 2.90. The second-order valence-corrected chi connectivity index (χ2v) is 5.80. The van der Waals surface area contributed by atoms with Crippen LogP contribution in [0.4, 0.5) is 14.6 Å². The van der Waals surface area contributed by atoms with Crippen molar-refractivity contribution in [3.8, 4) is 0 Å². The van der Waals surface area contributed by atoms with Gasteiger partial charge in [0.25, 0.3) is 0 Å². The number of aliphatic hydroxyl groups is 2. The van der Waals surface area contributed by atoms with E-state index in [0.29, 0.717) is 4.57 Å². The molecule has 10 nitrogen and oxygen atoms in total. The zero-order valence-corrected chi connectivity index (χ0v) is 11.6. The number of anilines is 1. The fourth-order valence-electron chi connectivity index (χ4n) is 1.92. The Kier molecular flexibility index (Phi) is 4.35. The van der Waals surface area contributed by atoms with E-state index in [1.807, 2.05) is 0 Å². The number of halogens is 2. The predicted octanol–water partition coefficient (Wildman–Crippen LogP) is -1.37. The van der Waals surface area contributed by atoms with E-state index in [4.69, 9.17) is 19.6 Å². The number of hydrogen-bond donors (Lipinski definition) is 5. The van der Waals surface area contributed by atoms with Gasteiger partial charge in [0.2, 0.25) is 6.23 Å². The molecule has 1 aliphatic rings. The summed E-state index contributed by atoms with van der Waals surface area (Å²) in [6.07, 6.45) is -5.33. The van der Waals surface area contributed by atoms with Crippen LogP contribution in [0.25, 0.3) is 0 Å². The Morgan fingerprint density at radius 2 is 2.14 bits per heavy atom. The van der Waals surface area contributed by atoms with Crippen LogP contribution in [0.1, 0.15) is 6.23 Å². The van der Waals surface area contributed by atoms with Crippen LogP contribution in [0.5, 0.6) is 0 Å². The molecule has 0 bridgehead atoms. The van der Waals surface area contributed by atoms with Gasteiger partial charge >= 0.3 is 19.4 Å². The lowest BCUT2D eigenvalue weighted by molar-refractivity contribution is -0.140. The van der Waals surface area contributed by atoms with Gasteiger partial charge in [-0.05, 0) is 6.07 Å². The van der Waals surface area contributed by atoms with Crippen molar-refractivity contribution in [2.45, 2.75) is 24.4 Å². The predicted molar refractivity (Wildman–Crippen MR) is 66.1 cm³/mol. The molecule has 0 amide bonds. The highest BCUT2D eigenvalue weighted by molar-refractivity contribution is 7.53. The van der Waals surface area contributed by atoms with Crippen molar-refractivity contribution in [3.05, 3.63) is 22.7 Å². The number of alkyl halides is 2. The van der Waals surface area contributed by atoms with Crippen LogP contribution in [0.15, 0.2) is 17.1 Å². The van der Waals surface area contributed by atoms with E-state index in [-0.39, 0.29) is 0 Å². The lowest BCUT2D eigenvalue weighted by Gasteiger charge is -2.21. The molecule has 3 unspecified atom stereocenters. The molecule has 2 heterocycles. The van der Waals surface area contributed by atoms with Gasteiger partial charge < -0.3 is 24.7 Å². The summed E-state index contributed by atoms with van der Waals surface area (Å²) in [5.41, 5.74) is -1.28. The van der Waals surface area contributed by atoms with Crippen molar-refractivity contribution in [2.75, 3.05) is 11.7 Å². The second kappa shape index (κ2) is 5.65. The van der Waals surface area contributed by atoms with E-state index in [0.717, 1.165) is 12.3 Å². The van der Waals surface area contributed by atoms with Crippen molar-refractivity contribution >= 4 is 13.6 Å². The maximum absolute atomic E-state index is 13.9. The maximum atomic E-state index is 13.9. The first-order chi connectivity index (χ1) is 10.1. The zero-order valence-electron chi connectivity index (χ0n) is 10.7. The largest absolute Gasteiger partial charge is 0.428 e. The molecule has 5 N–H and O–H groups in total. The number of nitrogens with one attached hydrogen (secondary N) is 1. The average molecular weight is 343 g/mol. The van der Waals surface area contributed by atoms with Crippen LogP contribution >= 0.6 is 7.75 Å². The SMILES string of the molecule is O=c1nc(NP(=O)(O)O)ccn1C1OC(CO)C(O)C1(F)F. The van der Waals surface area contributed by atoms with Gasteiger partial charge in [-0.1, -0.05) is 0 Å². The Morgan fingerprint density at radius 1 is 1.50 bits per heavy atom. The van der Waals surface area contributed by atoms with E-state index in [1.54, 1.807) is 5.09 Å². The fourth-order valence-corrected chi connectivity index (χ4v) is 2.34. The van der Waals surface area contributed by atoms with Gasteiger partial charge in [-0.2, -0.15) is 13.8 Å². The second-order valence-electron chi connectivity index (χ2n) is 4.49. The molecule has 0 aliphatic carbocycles. The normalized spacial score (nSPS) is 27.8. The van der Waals surface area contributed by atoms with Gasteiger partial charge in [-0.3, -0.25) is 9.65 Å². The number of aliphatic hydroxyl groups excluding tert-OH is 2. The zero-order chi connectivity index (χ0) is 16.7. The molecule has 0 spiro atoms. The van der Waals surface area contributed by atoms with E-state index in [2.05, 4.69) is 4.98 Å². The van der Waals surface area contributed by atoms with E-state index >= 15 is 0 Å². The van der Waals surface area contributed by atoms with Gasteiger partial charge in [-0.25, -0.2) is 9.36 Å². The minimum absolute atomic E-state index is 0.351. The molecule has 1 aromatic rings. The molecule has 2 rings (SSSR count). The lowest BCUT2D eigenvalue weighted by atomic mass is 10.1. The highest BCUT2D eigenvalue weighted by Crippen LogP contribution is 2.42. The number of hydrogen-bond acceptors (Lipinski definition) is 6. The first kappa shape index (κ1) is 16.9. The quantitative estimate of drug-likeness (QED) is 0.417. The van der Waals surface area contributed by atoms with Crippen LogP contribution in [0.3, 0.4) is 0 Å². The van der Waals surface area contributed by atoms with Crippen molar-refractivity contribution in [3.63, 3.8) is 0 Å². The summed E-state index contributed by atoms with van der Waals surface area (Å²) in [6.45, 7) is -0.882. The van der Waals surface area contributed by atoms with Gasteiger partial charge in [0.05, 0.1) is 6.61 Å². The first-order valence-corrected chi connectivity index (χ1v) is 7.42. The summed E-state index contributed by atoms with van der Waals surface area (Å²) in [5, 5.41) is 19.8. The molecule has 124 valence electrons. The smallest absolute Gasteiger partial charge is 0.394 e. The Balaban J connectivity index is 2.34. The van der Waals surface area contributed by atoms with E-state index < -0.39 is 50.2 Å². The topological polar surface area (TPSA) is 154 Å². The van der Waals surface area contributed by atoms with Gasteiger partial charge in [-0.15, -0.1) is 0 Å². The van der Waals surface area contributed by atoms with Crippen molar-refractivity contribution in [1.29, 1.82) is 0 Å². The Bertz CT molecular complexity index is 663. The fraction of sp³-hybridized carbons (Fsp3) is 0.556. The van der Waals surface area contributed by atoms with Gasteiger partial charge in [0, 0.05) is 6.20 Å². The lowest BCUT2D eigenvalue weighted by Crippen LogP contribution is -2.41. The highest BCUT2D eigenvalue weighted by Gasteiger charge is 2.59. The summed E-state index contributed by atoms with van der Waals surface area (Å²) in [7, 11) is -4.71. The van der Waals surface area contributed by atoms with E-state index in [9.17, 15) is 23.2 Å². The van der Waals surface area contributed by atoms with Crippen LogP contribution in [0, 0.1) is 0 Å². The third kappa shape index (κ3) is 3.16. The standard InChI is InChI=1S/C9H12F2N3O7P/c10-9(11)6(16)4(3-15)21-7(9)14-2-1-5(12-8(14)17)13-22(18,19)20/h1-2,4,6-7,15-16H,3H2,(H3,12,13,17,18,19,20). The number of rotatable bonds is 4. The summed E-state index contributed by atoms with van der Waals surface area (Å²) in [4.78, 5) is 32.2. The van der Waals surface area contributed by atoms with Crippen molar-refractivity contribution in [2.24, 2.45) is 0 Å². The number of ether oxygens (including phenoxy) is 1. The molecule has 1 aliphatic heterocycles. The van der Waals surface area contributed by atoms with Gasteiger partial charge in [0.1, 0.15) is 11.9 Å². The molecule has 1 aromatic heterocycles. The van der Waals surface area contributed by atoms with Crippen LogP contribution in [0.2, 0.25) is 0 Å². The summed E-state index contributed by atoms with van der Waals surface area (Å²) >= 11 is 0. The number of aromatic nitrogens is 2. The summed E-state index contributed by atoms with van der Waals surface area (Å²) in [6, 6.07) is 0.874. The Hall–Kier alpha value is -1.43. The average Bonchev–Trinajstić information content (AvgIpc) is 2.60. The molecule has 1 fully saturated rings. The first-order valence-electron chi connectivity index (χ1n) is 5.81. The molecule has 3 atom stereocenters. The minimum Gasteiger partial charge on any atom is -0.394 e. The molecular weight excluding hydrogens is 331 g/mol. The Labute approximate surface area is 121 Å². The third-order valence-corrected chi connectivity index (χ3v) is 3.42. The van der Waals surface area contributed by atoms with Gasteiger partial charge in [0.15, 0.2) is 6.10 Å². The molecule has 13 heteroatoms. The minimum atomic E-state index is -4.71. The van der Waals surface area contributed by atoms with Crippen LogP contribution in [-0.2, 0) is 9.30 Å². The molecule has 0 aromatic carbocycles. The molecule has 0 radical (unpaired) electrons. The molecule has 1 saturated heterocycles. The maximum Gasteiger partial charge on any atom is 0.428 e. The monoisotopic (exact) mass is 343 g/mol. The van der Waals surface area contributed by atoms with E-state index in [1.165, 1.54) is 0 Å². The summed E-state index contributed by atoms with van der Waals surface area (Å²) in [5.74, 6) is -4.38. The summed E-state index contributed by atoms with van der Waals surface area (Å²) < 4.78 is 43.5. The van der Waals surface area contributed by atoms with Crippen molar-refractivity contribution in [1.82, 2.24) is 9.55 Å². The van der Waals surface area contributed by atoms with Crippen LogP contribution in [-0.4, -0.2) is 54.3 Å². The van der Waals surface area contributed by atoms with Crippen LogP contribution < -0.4 is 10.8 Å². The Morgan fingerprint density at radius 3 is 2.59 bits per heavy atom. The number of nitrogens with zero attached hydrogens (tertiary/aromatic N) is 2. The molecule has 0 saturated carbocycles.